The lowest BCUT2D eigenvalue weighted by molar-refractivity contribution is -0.0607. The lowest BCUT2D eigenvalue weighted by Crippen LogP contribution is -2.38. The van der Waals surface area contributed by atoms with Gasteiger partial charge in [-0.1, -0.05) is 46.5 Å². The van der Waals surface area contributed by atoms with Crippen molar-refractivity contribution in [2.24, 2.45) is 5.41 Å². The monoisotopic (exact) mass is 401 g/mol. The molecule has 0 aliphatic rings. The lowest BCUT2D eigenvalue weighted by Gasteiger charge is -2.32. The second-order valence-electron chi connectivity index (χ2n) is 9.85. The zero-order chi connectivity index (χ0) is 21.8. The van der Waals surface area contributed by atoms with Crippen LogP contribution in [0, 0.1) is 5.41 Å². The van der Waals surface area contributed by atoms with Crippen molar-refractivity contribution in [3.63, 3.8) is 0 Å². The Morgan fingerprint density at radius 1 is 0.929 bits per heavy atom. The maximum atomic E-state index is 12.2. The molecule has 0 rings (SSSR count). The molecule has 0 aromatic carbocycles. The highest BCUT2D eigenvalue weighted by Crippen LogP contribution is 2.30. The van der Waals surface area contributed by atoms with Gasteiger partial charge in [0.05, 0.1) is 17.8 Å². The molecule has 0 radical (unpaired) electrons. The minimum atomic E-state index is -0.342. The zero-order valence-electron chi connectivity index (χ0n) is 20.1. The Balaban J connectivity index is 4.15. The maximum Gasteiger partial charge on any atom is 0.407 e. The first-order valence-corrected chi connectivity index (χ1v) is 11.0. The minimum Gasteiger partial charge on any atom is -0.446 e. The van der Waals surface area contributed by atoms with E-state index < -0.39 is 0 Å². The van der Waals surface area contributed by atoms with Gasteiger partial charge in [0, 0.05) is 19.1 Å². The molecule has 1 amide bonds. The highest BCUT2D eigenvalue weighted by atomic mass is 16.6. The highest BCUT2D eigenvalue weighted by molar-refractivity contribution is 5.67. The molecule has 0 aliphatic carbocycles. The molecule has 28 heavy (non-hydrogen) atoms. The third-order valence-corrected chi connectivity index (χ3v) is 5.80. The fraction of sp³-hybridized carbons (Fsp3) is 0.957. The number of ether oxygens (including phenoxy) is 3. The van der Waals surface area contributed by atoms with Gasteiger partial charge in [0.1, 0.15) is 6.10 Å². The lowest BCUT2D eigenvalue weighted by atomic mass is 9.82. The first-order chi connectivity index (χ1) is 12.9. The molecule has 0 heterocycles. The molecule has 0 saturated heterocycles. The van der Waals surface area contributed by atoms with Crippen LogP contribution < -0.4 is 5.32 Å². The van der Waals surface area contributed by atoms with E-state index in [-0.39, 0.29) is 28.8 Å². The van der Waals surface area contributed by atoms with Crippen LogP contribution in [0.3, 0.4) is 0 Å². The van der Waals surface area contributed by atoms with Gasteiger partial charge in [-0.25, -0.2) is 4.79 Å². The van der Waals surface area contributed by atoms with Gasteiger partial charge < -0.3 is 19.5 Å². The van der Waals surface area contributed by atoms with Crippen LogP contribution in [0.5, 0.6) is 0 Å². The van der Waals surface area contributed by atoms with Gasteiger partial charge in [0.2, 0.25) is 0 Å². The van der Waals surface area contributed by atoms with Crippen LogP contribution in [0.1, 0.15) is 100 Å². The third-order valence-electron chi connectivity index (χ3n) is 5.80. The topological polar surface area (TPSA) is 56.8 Å². The smallest absolute Gasteiger partial charge is 0.407 e. The molecule has 168 valence electrons. The van der Waals surface area contributed by atoms with E-state index in [9.17, 15) is 4.79 Å². The number of amides is 1. The molecule has 1 N–H and O–H groups in total. The number of carbonyl (C=O) groups is 1. The Morgan fingerprint density at radius 3 is 2.14 bits per heavy atom. The molecule has 1 unspecified atom stereocenters. The summed E-state index contributed by atoms with van der Waals surface area (Å²) in [6.07, 6.45) is 7.10. The van der Waals surface area contributed by atoms with E-state index in [1.807, 2.05) is 34.6 Å². The zero-order valence-corrected chi connectivity index (χ0v) is 20.1. The Labute approximate surface area is 174 Å². The van der Waals surface area contributed by atoms with Crippen LogP contribution in [0.25, 0.3) is 0 Å². The molecule has 0 aromatic heterocycles. The Hall–Kier alpha value is -0.810. The molecular formula is C23H47NO4. The predicted octanol–water partition coefficient (Wildman–Crippen LogP) is 6.10. The van der Waals surface area contributed by atoms with Crippen LogP contribution in [-0.2, 0) is 14.2 Å². The molecule has 5 heteroatoms. The van der Waals surface area contributed by atoms with Crippen LogP contribution in [0.2, 0.25) is 0 Å². The fourth-order valence-electron chi connectivity index (χ4n) is 2.79. The quantitative estimate of drug-likeness (QED) is 0.337. The van der Waals surface area contributed by atoms with E-state index in [4.69, 9.17) is 14.2 Å². The number of hydrogen-bond acceptors (Lipinski definition) is 4. The minimum absolute atomic E-state index is 0.0123. The molecule has 0 spiro atoms. The number of methoxy groups -OCH3 is 1. The van der Waals surface area contributed by atoms with Gasteiger partial charge in [-0.3, -0.25) is 0 Å². The van der Waals surface area contributed by atoms with Crippen LogP contribution in [-0.4, -0.2) is 43.7 Å². The van der Waals surface area contributed by atoms with E-state index in [0.29, 0.717) is 13.2 Å². The largest absolute Gasteiger partial charge is 0.446 e. The molecule has 1 atom stereocenters. The maximum absolute atomic E-state index is 12.2. The molecule has 5 nitrogen and oxygen atoms in total. The van der Waals surface area contributed by atoms with Crippen molar-refractivity contribution in [2.75, 3.05) is 20.3 Å². The number of carbonyl (C=O) groups excluding carboxylic acids is 1. The summed E-state index contributed by atoms with van der Waals surface area (Å²) in [5.74, 6) is 0. The number of hydrogen-bond donors (Lipinski definition) is 1. The SMILES string of the molecule is CCCCCCC(C)(C)C(C)OC(=O)NCCC(C)(C)OCCC(C)(C)OC. The second-order valence-corrected chi connectivity index (χ2v) is 9.85. The molecule has 0 aliphatic heterocycles. The first kappa shape index (κ1) is 27.2. The van der Waals surface area contributed by atoms with Crippen molar-refractivity contribution in [3.8, 4) is 0 Å². The van der Waals surface area contributed by atoms with E-state index in [2.05, 4.69) is 26.1 Å². The van der Waals surface area contributed by atoms with E-state index in [1.54, 1.807) is 7.11 Å². The van der Waals surface area contributed by atoms with Gasteiger partial charge in [0.15, 0.2) is 0 Å². The standard InChI is InChI=1S/C23H47NO4/c1-10-11-12-13-14-21(3,4)19(2)28-20(25)24-17-15-23(7,8)27-18-16-22(5,6)26-9/h19H,10-18H2,1-9H3,(H,24,25). The van der Waals surface area contributed by atoms with Crippen molar-refractivity contribution < 1.29 is 19.0 Å². The van der Waals surface area contributed by atoms with Crippen LogP contribution >= 0.6 is 0 Å². The van der Waals surface area contributed by atoms with Gasteiger partial charge in [-0.05, 0) is 53.9 Å². The Bertz CT molecular complexity index is 432. The van der Waals surface area contributed by atoms with Crippen LogP contribution in [0.15, 0.2) is 0 Å². The average molecular weight is 402 g/mol. The van der Waals surface area contributed by atoms with Crippen LogP contribution in [0.4, 0.5) is 4.79 Å². The van der Waals surface area contributed by atoms with Crippen molar-refractivity contribution in [1.82, 2.24) is 5.32 Å². The number of rotatable bonds is 15. The molecule has 0 saturated carbocycles. The summed E-state index contributed by atoms with van der Waals surface area (Å²) in [5, 5.41) is 2.87. The number of nitrogens with one attached hydrogen (secondary N) is 1. The van der Waals surface area contributed by atoms with Crippen molar-refractivity contribution in [3.05, 3.63) is 0 Å². The van der Waals surface area contributed by atoms with Crippen molar-refractivity contribution in [1.29, 1.82) is 0 Å². The Kier molecular flexibility index (Phi) is 12.3. The summed E-state index contributed by atoms with van der Waals surface area (Å²) in [4.78, 5) is 12.2. The van der Waals surface area contributed by atoms with Gasteiger partial charge in [-0.15, -0.1) is 0 Å². The third kappa shape index (κ3) is 12.6. The first-order valence-electron chi connectivity index (χ1n) is 11.0. The molecular weight excluding hydrogens is 354 g/mol. The molecule has 0 fully saturated rings. The van der Waals surface area contributed by atoms with E-state index in [1.165, 1.54) is 25.7 Å². The summed E-state index contributed by atoms with van der Waals surface area (Å²) < 4.78 is 17.0. The summed E-state index contributed by atoms with van der Waals surface area (Å²) in [6.45, 7) is 17.9. The van der Waals surface area contributed by atoms with Gasteiger partial charge in [0.25, 0.3) is 0 Å². The predicted molar refractivity (Wildman–Crippen MR) is 117 cm³/mol. The normalized spacial score (nSPS) is 14.0. The molecule has 0 aromatic rings. The summed E-state index contributed by atoms with van der Waals surface area (Å²) in [5.41, 5.74) is -0.500. The summed E-state index contributed by atoms with van der Waals surface area (Å²) in [6, 6.07) is 0. The van der Waals surface area contributed by atoms with Crippen molar-refractivity contribution in [2.45, 2.75) is 118 Å². The number of alkyl carbamates (subject to hydrolysis) is 1. The van der Waals surface area contributed by atoms with Crippen molar-refractivity contribution >= 4 is 6.09 Å². The fourth-order valence-corrected chi connectivity index (χ4v) is 2.79. The summed E-state index contributed by atoms with van der Waals surface area (Å²) in [7, 11) is 1.72. The van der Waals surface area contributed by atoms with Gasteiger partial charge in [-0.2, -0.15) is 0 Å². The highest BCUT2D eigenvalue weighted by Gasteiger charge is 2.29. The van der Waals surface area contributed by atoms with E-state index >= 15 is 0 Å². The van der Waals surface area contributed by atoms with E-state index in [0.717, 1.165) is 19.3 Å². The Morgan fingerprint density at radius 2 is 1.57 bits per heavy atom. The van der Waals surface area contributed by atoms with Gasteiger partial charge >= 0.3 is 6.09 Å². The second kappa shape index (κ2) is 12.7. The summed E-state index contributed by atoms with van der Waals surface area (Å²) >= 11 is 0. The molecule has 0 bridgehead atoms. The number of unbranched alkanes of at least 4 members (excludes halogenated alkanes) is 3. The average Bonchev–Trinajstić information content (AvgIpc) is 2.58.